The van der Waals surface area contributed by atoms with Gasteiger partial charge >= 0.3 is 0 Å². The second-order valence-corrected chi connectivity index (χ2v) is 7.46. The van der Waals surface area contributed by atoms with E-state index in [-0.39, 0.29) is 23.4 Å². The minimum atomic E-state index is -0.196. The number of aryl methyl sites for hydroxylation is 1. The third-order valence-corrected chi connectivity index (χ3v) is 5.48. The Bertz CT molecular complexity index is 776. The van der Waals surface area contributed by atoms with Crippen LogP contribution >= 0.6 is 27.7 Å². The van der Waals surface area contributed by atoms with Gasteiger partial charge in [-0.2, -0.15) is 0 Å². The molecular formula is C16H16BrN3O2S. The van der Waals surface area contributed by atoms with E-state index >= 15 is 0 Å². The fourth-order valence-corrected chi connectivity index (χ4v) is 4.04. The van der Waals surface area contributed by atoms with E-state index in [1.807, 2.05) is 29.2 Å². The summed E-state index contributed by atoms with van der Waals surface area (Å²) in [6.07, 6.45) is 1.44. The Morgan fingerprint density at radius 1 is 1.39 bits per heavy atom. The Hall–Kier alpha value is -1.60. The molecule has 3 rings (SSSR count). The van der Waals surface area contributed by atoms with E-state index in [0.717, 1.165) is 15.8 Å². The fourth-order valence-electron chi connectivity index (χ4n) is 2.50. The quantitative estimate of drug-likeness (QED) is 0.803. The highest BCUT2D eigenvalue weighted by Crippen LogP contribution is 2.38. The van der Waals surface area contributed by atoms with Gasteiger partial charge in [-0.15, -0.1) is 11.8 Å². The lowest BCUT2D eigenvalue weighted by Crippen LogP contribution is -2.36. The van der Waals surface area contributed by atoms with Crippen molar-refractivity contribution in [3.63, 3.8) is 0 Å². The Morgan fingerprint density at radius 2 is 2.13 bits per heavy atom. The predicted molar refractivity (Wildman–Crippen MR) is 94.3 cm³/mol. The third-order valence-electron chi connectivity index (χ3n) is 3.69. The van der Waals surface area contributed by atoms with Crippen LogP contribution < -0.4 is 5.56 Å². The van der Waals surface area contributed by atoms with Crippen LogP contribution in [0.2, 0.25) is 0 Å². The molecule has 5 nitrogen and oxygen atoms in total. The van der Waals surface area contributed by atoms with Crippen molar-refractivity contribution in [1.29, 1.82) is 0 Å². The van der Waals surface area contributed by atoms with E-state index < -0.39 is 0 Å². The Balaban J connectivity index is 1.78. The van der Waals surface area contributed by atoms with Crippen LogP contribution in [0.25, 0.3) is 0 Å². The van der Waals surface area contributed by atoms with Gasteiger partial charge in [0.2, 0.25) is 5.91 Å². The van der Waals surface area contributed by atoms with Crippen LogP contribution in [-0.4, -0.2) is 32.7 Å². The maximum atomic E-state index is 12.6. The predicted octanol–water partition coefficient (Wildman–Crippen LogP) is 2.59. The summed E-state index contributed by atoms with van der Waals surface area (Å²) < 4.78 is 2.37. The molecule has 1 unspecified atom stereocenters. The van der Waals surface area contributed by atoms with E-state index in [0.29, 0.717) is 12.2 Å². The molecule has 2 heterocycles. The molecule has 0 saturated carbocycles. The average Bonchev–Trinajstić information content (AvgIpc) is 3.00. The number of aromatic nitrogens is 2. The van der Waals surface area contributed by atoms with Crippen molar-refractivity contribution < 1.29 is 4.79 Å². The summed E-state index contributed by atoms with van der Waals surface area (Å²) >= 11 is 5.17. The molecule has 1 amide bonds. The monoisotopic (exact) mass is 393 g/mol. The second-order valence-electron chi connectivity index (χ2n) is 5.36. The van der Waals surface area contributed by atoms with E-state index in [1.54, 1.807) is 18.7 Å². The molecule has 1 aromatic carbocycles. The van der Waals surface area contributed by atoms with Crippen LogP contribution in [0.4, 0.5) is 0 Å². The normalized spacial score (nSPS) is 17.5. The van der Waals surface area contributed by atoms with E-state index in [9.17, 15) is 9.59 Å². The van der Waals surface area contributed by atoms with Gasteiger partial charge in [0.15, 0.2) is 0 Å². The first-order chi connectivity index (χ1) is 11.0. The molecule has 7 heteroatoms. The lowest BCUT2D eigenvalue weighted by Gasteiger charge is -2.24. The summed E-state index contributed by atoms with van der Waals surface area (Å²) in [6, 6.07) is 9.44. The first-order valence-electron chi connectivity index (χ1n) is 7.24. The van der Waals surface area contributed by atoms with Crippen molar-refractivity contribution in [3.05, 3.63) is 62.7 Å². The number of hydrogen-bond donors (Lipinski definition) is 0. The lowest BCUT2D eigenvalue weighted by atomic mass is 10.2. The smallest absolute Gasteiger partial charge is 0.253 e. The van der Waals surface area contributed by atoms with Gasteiger partial charge in [0.05, 0.1) is 6.33 Å². The molecule has 1 aliphatic rings. The number of carbonyl (C=O) groups is 1. The van der Waals surface area contributed by atoms with Crippen LogP contribution in [0.3, 0.4) is 0 Å². The zero-order valence-electron chi connectivity index (χ0n) is 12.6. The third kappa shape index (κ3) is 3.67. The molecule has 0 N–H and O–H groups in total. The summed E-state index contributed by atoms with van der Waals surface area (Å²) in [6.45, 7) is 2.48. The summed E-state index contributed by atoms with van der Waals surface area (Å²) in [5.74, 6) is 0.837. The minimum Gasteiger partial charge on any atom is -0.324 e. The van der Waals surface area contributed by atoms with Crippen molar-refractivity contribution in [1.82, 2.24) is 14.5 Å². The van der Waals surface area contributed by atoms with Crippen LogP contribution in [0.1, 0.15) is 16.6 Å². The number of thioether (sulfide) groups is 1. The van der Waals surface area contributed by atoms with Crippen molar-refractivity contribution >= 4 is 33.6 Å². The van der Waals surface area contributed by atoms with Gasteiger partial charge in [-0.25, -0.2) is 4.98 Å². The number of benzene rings is 1. The summed E-state index contributed by atoms with van der Waals surface area (Å²) in [5, 5.41) is 0.00436. The van der Waals surface area contributed by atoms with Gasteiger partial charge in [-0.3, -0.25) is 14.2 Å². The highest BCUT2D eigenvalue weighted by molar-refractivity contribution is 9.10. The Labute approximate surface area is 146 Å². The second kappa shape index (κ2) is 6.88. The number of carbonyl (C=O) groups excluding carboxylic acids is 1. The number of rotatable bonds is 3. The molecule has 0 spiro atoms. The van der Waals surface area contributed by atoms with Gasteiger partial charge in [0, 0.05) is 28.5 Å². The molecule has 23 heavy (non-hydrogen) atoms. The van der Waals surface area contributed by atoms with Crippen LogP contribution in [0.15, 0.2) is 45.9 Å². The highest BCUT2D eigenvalue weighted by Gasteiger charge is 2.30. The zero-order chi connectivity index (χ0) is 16.4. The molecule has 1 fully saturated rings. The Kier molecular flexibility index (Phi) is 4.87. The highest BCUT2D eigenvalue weighted by atomic mass is 79.9. The fraction of sp³-hybridized carbons (Fsp3) is 0.312. The van der Waals surface area contributed by atoms with Crippen molar-refractivity contribution in [2.45, 2.75) is 18.8 Å². The molecule has 0 bridgehead atoms. The number of hydrogen-bond acceptors (Lipinski definition) is 4. The number of halogens is 1. The van der Waals surface area contributed by atoms with Crippen molar-refractivity contribution in [2.24, 2.45) is 0 Å². The van der Waals surface area contributed by atoms with Crippen LogP contribution in [-0.2, 0) is 11.3 Å². The zero-order valence-corrected chi connectivity index (χ0v) is 15.0. The van der Waals surface area contributed by atoms with E-state index in [4.69, 9.17) is 0 Å². The first kappa shape index (κ1) is 16.3. The summed E-state index contributed by atoms with van der Waals surface area (Å²) in [5.41, 5.74) is 1.56. The largest absolute Gasteiger partial charge is 0.324 e. The molecule has 120 valence electrons. The molecule has 1 saturated heterocycles. The van der Waals surface area contributed by atoms with Gasteiger partial charge in [-0.1, -0.05) is 28.1 Å². The van der Waals surface area contributed by atoms with Crippen LogP contribution in [0, 0.1) is 6.92 Å². The molecular weight excluding hydrogens is 378 g/mol. The SMILES string of the molecule is Cc1cc(=O)n(CC(=O)N2CCSC2c2ccc(Br)cc2)cn1. The molecule has 1 aromatic heterocycles. The molecule has 2 aromatic rings. The average molecular weight is 394 g/mol. The molecule has 0 aliphatic carbocycles. The van der Waals surface area contributed by atoms with Gasteiger partial charge in [0.25, 0.3) is 5.56 Å². The van der Waals surface area contributed by atoms with E-state index in [2.05, 4.69) is 20.9 Å². The topological polar surface area (TPSA) is 55.2 Å². The number of nitrogens with zero attached hydrogens (tertiary/aromatic N) is 3. The van der Waals surface area contributed by atoms with Gasteiger partial charge < -0.3 is 4.90 Å². The number of amides is 1. The maximum Gasteiger partial charge on any atom is 0.253 e. The molecule has 1 aliphatic heterocycles. The molecule has 1 atom stereocenters. The van der Waals surface area contributed by atoms with E-state index in [1.165, 1.54) is 17.0 Å². The Morgan fingerprint density at radius 3 is 2.83 bits per heavy atom. The summed E-state index contributed by atoms with van der Waals surface area (Å²) in [7, 11) is 0. The van der Waals surface area contributed by atoms with Gasteiger partial charge in [-0.05, 0) is 24.6 Å². The first-order valence-corrected chi connectivity index (χ1v) is 9.08. The lowest BCUT2D eigenvalue weighted by molar-refractivity contribution is -0.132. The minimum absolute atomic E-state index is 0.00436. The standard InChI is InChI=1S/C16H16BrN3O2S/c1-11-8-14(21)19(10-18-11)9-15(22)20-6-7-23-16(20)12-2-4-13(17)5-3-12/h2-5,8,10,16H,6-7,9H2,1H3. The van der Waals surface area contributed by atoms with Crippen LogP contribution in [0.5, 0.6) is 0 Å². The summed E-state index contributed by atoms with van der Waals surface area (Å²) in [4.78, 5) is 30.5. The van der Waals surface area contributed by atoms with Crippen molar-refractivity contribution in [3.8, 4) is 0 Å². The van der Waals surface area contributed by atoms with Gasteiger partial charge in [0.1, 0.15) is 11.9 Å². The maximum absolute atomic E-state index is 12.6. The molecule has 0 radical (unpaired) electrons. The van der Waals surface area contributed by atoms with Crippen molar-refractivity contribution in [2.75, 3.05) is 12.3 Å².